The molecule has 1 aromatic rings. The van der Waals surface area contributed by atoms with E-state index in [-0.39, 0.29) is 11.7 Å². The predicted molar refractivity (Wildman–Crippen MR) is 82.8 cm³/mol. The smallest absolute Gasteiger partial charge is 0.299 e. The van der Waals surface area contributed by atoms with Crippen molar-refractivity contribution in [3.05, 3.63) is 29.3 Å². The lowest BCUT2D eigenvalue weighted by atomic mass is 10.1. The summed E-state index contributed by atoms with van der Waals surface area (Å²) in [6, 6.07) is 5.81. The molecule has 21 heavy (non-hydrogen) atoms. The van der Waals surface area contributed by atoms with Gasteiger partial charge in [-0.3, -0.25) is 9.59 Å². The number of Topliss-reactive ketones (excluding diaryl/α,β-unsaturated/α-hetero) is 1. The van der Waals surface area contributed by atoms with Crippen LogP contribution in [0.15, 0.2) is 18.2 Å². The molecule has 0 saturated carbocycles. The van der Waals surface area contributed by atoms with Gasteiger partial charge >= 0.3 is 0 Å². The summed E-state index contributed by atoms with van der Waals surface area (Å²) >= 11 is 0. The maximum atomic E-state index is 12.2. The van der Waals surface area contributed by atoms with Gasteiger partial charge in [0, 0.05) is 6.54 Å². The van der Waals surface area contributed by atoms with Crippen LogP contribution in [0.5, 0.6) is 0 Å². The largest absolute Gasteiger partial charge is 0.305 e. The monoisotopic (exact) mass is 286 g/mol. The van der Waals surface area contributed by atoms with E-state index in [1.54, 1.807) is 4.90 Å². The summed E-state index contributed by atoms with van der Waals surface area (Å²) in [5.41, 5.74) is 2.48. The summed E-state index contributed by atoms with van der Waals surface area (Å²) in [4.78, 5) is 28.3. The number of rotatable bonds is 5. The van der Waals surface area contributed by atoms with Gasteiger partial charge in [0.15, 0.2) is 0 Å². The van der Waals surface area contributed by atoms with Crippen molar-refractivity contribution in [3.63, 3.8) is 0 Å². The number of anilines is 1. The van der Waals surface area contributed by atoms with Gasteiger partial charge < -0.3 is 9.80 Å². The molecule has 0 atom stereocenters. The molecule has 3 rings (SSSR count). The van der Waals surface area contributed by atoms with Crippen molar-refractivity contribution in [1.82, 2.24) is 4.90 Å². The minimum absolute atomic E-state index is 0.346. The van der Waals surface area contributed by atoms with E-state index >= 15 is 0 Å². The van der Waals surface area contributed by atoms with Gasteiger partial charge in [0.1, 0.15) is 0 Å². The van der Waals surface area contributed by atoms with E-state index in [0.717, 1.165) is 30.6 Å². The number of hydrogen-bond donors (Lipinski definition) is 0. The van der Waals surface area contributed by atoms with Crippen molar-refractivity contribution in [2.45, 2.75) is 32.6 Å². The Morgan fingerprint density at radius 3 is 2.57 bits per heavy atom. The highest BCUT2D eigenvalue weighted by Crippen LogP contribution is 2.30. The molecular weight excluding hydrogens is 264 g/mol. The zero-order chi connectivity index (χ0) is 14.8. The van der Waals surface area contributed by atoms with Gasteiger partial charge in [-0.25, -0.2) is 0 Å². The fourth-order valence-corrected chi connectivity index (χ4v) is 3.25. The second-order valence-corrected chi connectivity index (χ2v) is 5.89. The molecule has 1 aromatic carbocycles. The Morgan fingerprint density at radius 2 is 1.86 bits per heavy atom. The number of aryl methyl sites for hydroxylation is 1. The van der Waals surface area contributed by atoms with E-state index in [1.807, 2.05) is 18.2 Å². The Bertz CT molecular complexity index is 562. The van der Waals surface area contributed by atoms with Crippen molar-refractivity contribution in [2.24, 2.45) is 0 Å². The topological polar surface area (TPSA) is 40.6 Å². The molecule has 2 heterocycles. The number of benzene rings is 1. The first kappa shape index (κ1) is 14.3. The van der Waals surface area contributed by atoms with Gasteiger partial charge in [-0.1, -0.05) is 13.0 Å². The lowest BCUT2D eigenvalue weighted by molar-refractivity contribution is -0.114. The number of likely N-dealkylation sites (tertiary alicyclic amines) is 1. The van der Waals surface area contributed by atoms with Crippen molar-refractivity contribution in [2.75, 3.05) is 31.1 Å². The zero-order valence-electron chi connectivity index (χ0n) is 12.6. The van der Waals surface area contributed by atoms with Crippen LogP contribution in [0.3, 0.4) is 0 Å². The highest BCUT2D eigenvalue weighted by molar-refractivity contribution is 6.52. The Balaban J connectivity index is 1.68. The summed E-state index contributed by atoms with van der Waals surface area (Å²) in [5, 5.41) is 0. The molecule has 0 N–H and O–H groups in total. The Morgan fingerprint density at radius 1 is 1.10 bits per heavy atom. The number of hydrogen-bond acceptors (Lipinski definition) is 3. The maximum Gasteiger partial charge on any atom is 0.299 e. The number of carbonyl (C=O) groups is 2. The molecule has 0 aliphatic carbocycles. The van der Waals surface area contributed by atoms with Gasteiger partial charge in [-0.2, -0.15) is 0 Å². The lowest BCUT2D eigenvalue weighted by Gasteiger charge is -2.19. The zero-order valence-corrected chi connectivity index (χ0v) is 12.6. The number of carbonyl (C=O) groups excluding carboxylic acids is 2. The lowest BCUT2D eigenvalue weighted by Crippen LogP contribution is -2.33. The van der Waals surface area contributed by atoms with Crippen LogP contribution in [0.4, 0.5) is 5.69 Å². The molecule has 0 aromatic heterocycles. The van der Waals surface area contributed by atoms with Gasteiger partial charge in [0.2, 0.25) is 0 Å². The minimum atomic E-state index is -0.361. The molecule has 112 valence electrons. The van der Waals surface area contributed by atoms with Gasteiger partial charge in [0.05, 0.1) is 11.3 Å². The van der Waals surface area contributed by atoms with Gasteiger partial charge in [0.25, 0.3) is 11.7 Å². The van der Waals surface area contributed by atoms with E-state index in [2.05, 4.69) is 11.8 Å². The Hall–Kier alpha value is -1.68. The number of amides is 1. The van der Waals surface area contributed by atoms with Crippen LogP contribution in [0, 0.1) is 0 Å². The number of fused-ring (bicyclic) bond motifs is 1. The summed E-state index contributed by atoms with van der Waals surface area (Å²) in [6.07, 6.45) is 4.37. The molecule has 4 heteroatoms. The fourth-order valence-electron chi connectivity index (χ4n) is 3.25. The molecule has 4 nitrogen and oxygen atoms in total. The number of ketones is 1. The molecule has 1 amide bonds. The van der Waals surface area contributed by atoms with Gasteiger partial charge in [-0.05, 0) is 63.0 Å². The van der Waals surface area contributed by atoms with Crippen LogP contribution in [-0.2, 0) is 11.2 Å². The average Bonchev–Trinajstić information content (AvgIpc) is 3.10. The standard InChI is InChI=1S/C17H22N2O2/c1-2-13-6-7-15-14(12-13)16(20)17(21)19(15)11-5-10-18-8-3-4-9-18/h6-7,12H,2-5,8-11H2,1H3. The molecule has 2 aliphatic rings. The Kier molecular flexibility index (Phi) is 4.06. The number of nitrogens with zero attached hydrogens (tertiary/aromatic N) is 2. The summed E-state index contributed by atoms with van der Waals surface area (Å²) in [7, 11) is 0. The minimum Gasteiger partial charge on any atom is -0.305 e. The van der Waals surface area contributed by atoms with Crippen LogP contribution in [0.25, 0.3) is 0 Å². The third-order valence-corrected chi connectivity index (χ3v) is 4.50. The van der Waals surface area contributed by atoms with Crippen LogP contribution in [0.2, 0.25) is 0 Å². The first-order chi connectivity index (χ1) is 10.2. The maximum absolute atomic E-state index is 12.2. The van der Waals surface area contributed by atoms with Gasteiger partial charge in [-0.15, -0.1) is 0 Å². The van der Waals surface area contributed by atoms with Crippen LogP contribution < -0.4 is 4.90 Å². The fraction of sp³-hybridized carbons (Fsp3) is 0.529. The average molecular weight is 286 g/mol. The van der Waals surface area contributed by atoms with Crippen LogP contribution in [0.1, 0.15) is 42.1 Å². The molecule has 1 fully saturated rings. The molecule has 1 saturated heterocycles. The third kappa shape index (κ3) is 2.72. The van der Waals surface area contributed by atoms with Crippen molar-refractivity contribution in [3.8, 4) is 0 Å². The molecule has 0 radical (unpaired) electrons. The summed E-state index contributed by atoms with van der Waals surface area (Å²) in [6.45, 7) is 6.04. The van der Waals surface area contributed by atoms with E-state index in [4.69, 9.17) is 0 Å². The second-order valence-electron chi connectivity index (χ2n) is 5.89. The van der Waals surface area contributed by atoms with Crippen molar-refractivity contribution >= 4 is 17.4 Å². The summed E-state index contributed by atoms with van der Waals surface area (Å²) in [5.74, 6) is -0.707. The quantitative estimate of drug-likeness (QED) is 0.780. The van der Waals surface area contributed by atoms with Crippen LogP contribution >= 0.6 is 0 Å². The molecule has 2 aliphatic heterocycles. The van der Waals surface area contributed by atoms with E-state index in [0.29, 0.717) is 12.1 Å². The first-order valence-corrected chi connectivity index (χ1v) is 7.92. The SMILES string of the molecule is CCc1ccc2c(c1)C(=O)C(=O)N2CCCN1CCCC1. The molecular formula is C17H22N2O2. The first-order valence-electron chi connectivity index (χ1n) is 7.92. The third-order valence-electron chi connectivity index (χ3n) is 4.50. The van der Waals surface area contributed by atoms with E-state index in [1.165, 1.54) is 25.9 Å². The van der Waals surface area contributed by atoms with Crippen molar-refractivity contribution < 1.29 is 9.59 Å². The molecule has 0 unspecified atom stereocenters. The second kappa shape index (κ2) is 5.98. The van der Waals surface area contributed by atoms with Crippen molar-refractivity contribution in [1.29, 1.82) is 0 Å². The highest BCUT2D eigenvalue weighted by Gasteiger charge is 2.35. The Labute approximate surface area is 125 Å². The van der Waals surface area contributed by atoms with E-state index < -0.39 is 0 Å². The normalized spacial score (nSPS) is 18.6. The van der Waals surface area contributed by atoms with E-state index in [9.17, 15) is 9.59 Å². The predicted octanol–water partition coefficient (Wildman–Crippen LogP) is 2.26. The summed E-state index contributed by atoms with van der Waals surface area (Å²) < 4.78 is 0. The van der Waals surface area contributed by atoms with Crippen LogP contribution in [-0.4, -0.2) is 42.8 Å². The molecule has 0 bridgehead atoms. The highest BCUT2D eigenvalue weighted by atomic mass is 16.2. The molecule has 0 spiro atoms.